The van der Waals surface area contributed by atoms with Gasteiger partial charge >= 0.3 is 0 Å². The Labute approximate surface area is 103 Å². The standard InChI is InChI=1S/C10H12ClNO3S/c1-7(5-13)6-16-10-3-2-8(12(14)15)4-9(10)11/h2-4,7,13H,5-6H2,1H3. The average molecular weight is 262 g/mol. The van der Waals surface area contributed by atoms with Gasteiger partial charge < -0.3 is 5.11 Å². The Morgan fingerprint density at radius 3 is 2.81 bits per heavy atom. The molecule has 0 saturated heterocycles. The van der Waals surface area contributed by atoms with Crippen LogP contribution in [-0.2, 0) is 0 Å². The van der Waals surface area contributed by atoms with E-state index in [1.165, 1.54) is 23.9 Å². The first kappa shape index (κ1) is 13.3. The van der Waals surface area contributed by atoms with E-state index >= 15 is 0 Å². The van der Waals surface area contributed by atoms with E-state index in [-0.39, 0.29) is 18.2 Å². The highest BCUT2D eigenvalue weighted by Crippen LogP contribution is 2.31. The third-order valence-electron chi connectivity index (χ3n) is 1.96. The van der Waals surface area contributed by atoms with E-state index in [4.69, 9.17) is 16.7 Å². The Hall–Kier alpha value is -0.780. The summed E-state index contributed by atoms with van der Waals surface area (Å²) in [6, 6.07) is 4.40. The van der Waals surface area contributed by atoms with Crippen LogP contribution in [0.15, 0.2) is 23.1 Å². The molecular weight excluding hydrogens is 250 g/mol. The molecule has 0 saturated carbocycles. The van der Waals surface area contributed by atoms with Gasteiger partial charge in [0.1, 0.15) is 0 Å². The number of nitrogens with zero attached hydrogens (tertiary/aromatic N) is 1. The molecule has 16 heavy (non-hydrogen) atoms. The van der Waals surface area contributed by atoms with Crippen molar-refractivity contribution < 1.29 is 10.0 Å². The lowest BCUT2D eigenvalue weighted by molar-refractivity contribution is -0.384. The fourth-order valence-corrected chi connectivity index (χ4v) is 2.27. The van der Waals surface area contributed by atoms with Crippen molar-refractivity contribution >= 4 is 29.1 Å². The summed E-state index contributed by atoms with van der Waals surface area (Å²) in [6.07, 6.45) is 0. The monoisotopic (exact) mass is 261 g/mol. The normalized spacial score (nSPS) is 12.4. The van der Waals surface area contributed by atoms with Gasteiger partial charge in [-0.15, -0.1) is 11.8 Å². The lowest BCUT2D eigenvalue weighted by Gasteiger charge is -2.08. The predicted molar refractivity (Wildman–Crippen MR) is 65.1 cm³/mol. The minimum atomic E-state index is -0.476. The van der Waals surface area contributed by atoms with Crippen LogP contribution in [0.5, 0.6) is 0 Å². The van der Waals surface area contributed by atoms with E-state index in [2.05, 4.69) is 0 Å². The maximum absolute atomic E-state index is 10.5. The molecule has 0 aliphatic heterocycles. The van der Waals surface area contributed by atoms with Crippen LogP contribution in [0, 0.1) is 16.0 Å². The van der Waals surface area contributed by atoms with E-state index in [9.17, 15) is 10.1 Å². The van der Waals surface area contributed by atoms with Crippen LogP contribution in [0.4, 0.5) is 5.69 Å². The Morgan fingerprint density at radius 1 is 1.62 bits per heavy atom. The summed E-state index contributed by atoms with van der Waals surface area (Å²) in [4.78, 5) is 10.8. The minimum Gasteiger partial charge on any atom is -0.396 e. The number of aliphatic hydroxyl groups is 1. The van der Waals surface area contributed by atoms with Crippen LogP contribution >= 0.6 is 23.4 Å². The highest BCUT2D eigenvalue weighted by Gasteiger charge is 2.10. The zero-order valence-electron chi connectivity index (χ0n) is 8.72. The number of thioether (sulfide) groups is 1. The van der Waals surface area contributed by atoms with Crippen molar-refractivity contribution in [3.8, 4) is 0 Å². The number of nitro benzene ring substituents is 1. The van der Waals surface area contributed by atoms with E-state index in [0.29, 0.717) is 5.02 Å². The fraction of sp³-hybridized carbons (Fsp3) is 0.400. The zero-order valence-corrected chi connectivity index (χ0v) is 10.3. The van der Waals surface area contributed by atoms with Crippen molar-refractivity contribution in [1.82, 2.24) is 0 Å². The number of hydrogen-bond acceptors (Lipinski definition) is 4. The van der Waals surface area contributed by atoms with E-state index in [1.807, 2.05) is 6.92 Å². The van der Waals surface area contributed by atoms with Crippen LogP contribution in [-0.4, -0.2) is 22.4 Å². The summed E-state index contributed by atoms with van der Waals surface area (Å²) in [7, 11) is 0. The second-order valence-electron chi connectivity index (χ2n) is 3.47. The van der Waals surface area contributed by atoms with Crippen molar-refractivity contribution in [2.45, 2.75) is 11.8 Å². The second kappa shape index (κ2) is 6.08. The van der Waals surface area contributed by atoms with Gasteiger partial charge in [0, 0.05) is 29.4 Å². The molecule has 0 spiro atoms. The molecule has 4 nitrogen and oxygen atoms in total. The van der Waals surface area contributed by atoms with E-state index in [1.54, 1.807) is 6.07 Å². The number of nitro groups is 1. The van der Waals surface area contributed by atoms with Crippen LogP contribution in [0.2, 0.25) is 5.02 Å². The Morgan fingerprint density at radius 2 is 2.31 bits per heavy atom. The molecule has 1 rings (SSSR count). The van der Waals surface area contributed by atoms with E-state index < -0.39 is 4.92 Å². The van der Waals surface area contributed by atoms with Gasteiger partial charge in [-0.05, 0) is 12.0 Å². The molecule has 1 aromatic carbocycles. The molecule has 0 aromatic heterocycles. The molecule has 1 N–H and O–H groups in total. The fourth-order valence-electron chi connectivity index (χ4n) is 1.01. The first-order valence-electron chi connectivity index (χ1n) is 4.72. The zero-order chi connectivity index (χ0) is 12.1. The summed E-state index contributed by atoms with van der Waals surface area (Å²) < 4.78 is 0. The van der Waals surface area contributed by atoms with Crippen LogP contribution < -0.4 is 0 Å². The van der Waals surface area contributed by atoms with Crippen molar-refractivity contribution in [2.75, 3.05) is 12.4 Å². The molecule has 0 heterocycles. The average Bonchev–Trinajstić information content (AvgIpc) is 2.26. The van der Waals surface area contributed by atoms with Crippen LogP contribution in [0.3, 0.4) is 0 Å². The summed E-state index contributed by atoms with van der Waals surface area (Å²) in [6.45, 7) is 2.05. The summed E-state index contributed by atoms with van der Waals surface area (Å²) in [5, 5.41) is 19.7. The van der Waals surface area contributed by atoms with Crippen LogP contribution in [0.25, 0.3) is 0 Å². The molecule has 0 fully saturated rings. The van der Waals surface area contributed by atoms with Gasteiger partial charge in [0.2, 0.25) is 0 Å². The van der Waals surface area contributed by atoms with Crippen molar-refractivity contribution in [1.29, 1.82) is 0 Å². The maximum Gasteiger partial charge on any atom is 0.270 e. The molecule has 0 amide bonds. The molecule has 0 aliphatic carbocycles. The first-order valence-corrected chi connectivity index (χ1v) is 6.08. The number of rotatable bonds is 5. The van der Waals surface area contributed by atoms with Gasteiger partial charge in [-0.1, -0.05) is 18.5 Å². The molecular formula is C10H12ClNO3S. The number of aliphatic hydroxyl groups excluding tert-OH is 1. The Bertz CT molecular complexity index is 386. The lowest BCUT2D eigenvalue weighted by Crippen LogP contribution is -2.03. The van der Waals surface area contributed by atoms with Crippen molar-refractivity contribution in [3.63, 3.8) is 0 Å². The van der Waals surface area contributed by atoms with E-state index in [0.717, 1.165) is 10.6 Å². The van der Waals surface area contributed by atoms with Gasteiger partial charge in [-0.25, -0.2) is 0 Å². The number of benzene rings is 1. The van der Waals surface area contributed by atoms with Gasteiger partial charge in [0.05, 0.1) is 9.95 Å². The summed E-state index contributed by atoms with van der Waals surface area (Å²) in [5.41, 5.74) is -0.00967. The highest BCUT2D eigenvalue weighted by molar-refractivity contribution is 7.99. The van der Waals surface area contributed by atoms with Gasteiger partial charge in [0.25, 0.3) is 5.69 Å². The molecule has 1 aromatic rings. The smallest absolute Gasteiger partial charge is 0.270 e. The quantitative estimate of drug-likeness (QED) is 0.503. The van der Waals surface area contributed by atoms with Gasteiger partial charge in [0.15, 0.2) is 0 Å². The molecule has 6 heteroatoms. The third kappa shape index (κ3) is 3.66. The first-order chi connectivity index (χ1) is 7.54. The lowest BCUT2D eigenvalue weighted by atomic mass is 10.2. The molecule has 0 radical (unpaired) electrons. The molecule has 0 bridgehead atoms. The van der Waals surface area contributed by atoms with Gasteiger partial charge in [-0.2, -0.15) is 0 Å². The SMILES string of the molecule is CC(CO)CSc1ccc([N+](=O)[O-])cc1Cl. The van der Waals surface area contributed by atoms with Crippen LogP contribution in [0.1, 0.15) is 6.92 Å². The third-order valence-corrected chi connectivity index (χ3v) is 3.79. The van der Waals surface area contributed by atoms with Crippen molar-refractivity contribution in [2.24, 2.45) is 5.92 Å². The number of non-ortho nitro benzene ring substituents is 1. The number of hydrogen-bond donors (Lipinski definition) is 1. The minimum absolute atomic E-state index is 0.00967. The Kier molecular flexibility index (Phi) is 5.05. The summed E-state index contributed by atoms with van der Waals surface area (Å²) >= 11 is 7.40. The van der Waals surface area contributed by atoms with Crippen molar-refractivity contribution in [3.05, 3.63) is 33.3 Å². The largest absolute Gasteiger partial charge is 0.396 e. The highest BCUT2D eigenvalue weighted by atomic mass is 35.5. The second-order valence-corrected chi connectivity index (χ2v) is 4.94. The molecule has 0 aliphatic rings. The Balaban J connectivity index is 2.72. The number of halogens is 1. The molecule has 1 atom stereocenters. The predicted octanol–water partition coefficient (Wildman–Crippen LogP) is 2.97. The maximum atomic E-state index is 10.5. The molecule has 1 unspecified atom stereocenters. The topological polar surface area (TPSA) is 63.4 Å². The molecule has 88 valence electrons. The van der Waals surface area contributed by atoms with Gasteiger partial charge in [-0.3, -0.25) is 10.1 Å². The summed E-state index contributed by atoms with van der Waals surface area (Å²) in [5.74, 6) is 0.907.